The van der Waals surface area contributed by atoms with Crippen LogP contribution in [0.2, 0.25) is 0 Å². The fraction of sp³-hybridized carbons (Fsp3) is 0.316. The summed E-state index contributed by atoms with van der Waals surface area (Å²) in [4.78, 5) is 14.9. The highest BCUT2D eigenvalue weighted by Gasteiger charge is 2.24. The predicted octanol–water partition coefficient (Wildman–Crippen LogP) is 3.14. The molecule has 0 bridgehead atoms. The van der Waals surface area contributed by atoms with E-state index in [2.05, 4.69) is 10.2 Å². The first-order chi connectivity index (χ1) is 12.0. The normalized spacial score (nSPS) is 12.2. The third-order valence-electron chi connectivity index (χ3n) is 4.48. The summed E-state index contributed by atoms with van der Waals surface area (Å²) in [5.74, 6) is -0.0464. The Morgan fingerprint density at radius 2 is 1.96 bits per heavy atom. The van der Waals surface area contributed by atoms with Crippen molar-refractivity contribution in [1.29, 1.82) is 0 Å². The molecule has 1 atom stereocenters. The molecule has 1 aromatic carbocycles. The highest BCUT2D eigenvalue weighted by Crippen LogP contribution is 2.26. The zero-order valence-corrected chi connectivity index (χ0v) is 15.0. The average molecular weight is 337 g/mol. The Bertz CT molecular complexity index is 865. The summed E-state index contributed by atoms with van der Waals surface area (Å²) in [6.07, 6.45) is 5.43. The van der Waals surface area contributed by atoms with Crippen molar-refractivity contribution in [3.05, 3.63) is 60.0 Å². The van der Waals surface area contributed by atoms with E-state index in [1.807, 2.05) is 70.7 Å². The van der Waals surface area contributed by atoms with E-state index in [0.29, 0.717) is 17.8 Å². The summed E-state index contributed by atoms with van der Waals surface area (Å²) < 4.78 is 3.50. The van der Waals surface area contributed by atoms with Gasteiger partial charge in [0.25, 0.3) is 5.91 Å². The van der Waals surface area contributed by atoms with E-state index < -0.39 is 0 Å². The fourth-order valence-corrected chi connectivity index (χ4v) is 2.82. The summed E-state index contributed by atoms with van der Waals surface area (Å²) in [5, 5.41) is 8.76. The number of hydrogen-bond acceptors (Lipinski definition) is 3. The zero-order valence-electron chi connectivity index (χ0n) is 15.0. The largest absolute Gasteiger partial charge is 0.335 e. The van der Waals surface area contributed by atoms with Crippen molar-refractivity contribution in [2.75, 3.05) is 7.05 Å². The van der Waals surface area contributed by atoms with Crippen LogP contribution in [0.5, 0.6) is 0 Å². The second-order valence-electron chi connectivity index (χ2n) is 6.15. The van der Waals surface area contributed by atoms with Crippen molar-refractivity contribution in [1.82, 2.24) is 24.5 Å². The van der Waals surface area contributed by atoms with Crippen LogP contribution in [0.1, 0.15) is 35.8 Å². The minimum Gasteiger partial charge on any atom is -0.335 e. The number of rotatable bonds is 5. The molecule has 0 spiro atoms. The van der Waals surface area contributed by atoms with Gasteiger partial charge in [-0.3, -0.25) is 14.2 Å². The lowest BCUT2D eigenvalue weighted by Crippen LogP contribution is -2.29. The lowest BCUT2D eigenvalue weighted by molar-refractivity contribution is 0.0743. The average Bonchev–Trinajstić information content (AvgIpc) is 3.26. The van der Waals surface area contributed by atoms with Crippen molar-refractivity contribution < 1.29 is 4.79 Å². The molecule has 3 rings (SSSR count). The molecule has 1 unspecified atom stereocenters. The van der Waals surface area contributed by atoms with Gasteiger partial charge in [-0.1, -0.05) is 30.3 Å². The zero-order chi connectivity index (χ0) is 18.0. The van der Waals surface area contributed by atoms with Crippen LogP contribution in [-0.2, 0) is 13.6 Å². The molecule has 0 aliphatic carbocycles. The molecule has 2 heterocycles. The second kappa shape index (κ2) is 6.93. The number of aromatic nitrogens is 4. The highest BCUT2D eigenvalue weighted by molar-refractivity contribution is 5.99. The predicted molar refractivity (Wildman–Crippen MR) is 97.1 cm³/mol. The van der Waals surface area contributed by atoms with Crippen molar-refractivity contribution in [3.8, 4) is 11.3 Å². The summed E-state index contributed by atoms with van der Waals surface area (Å²) >= 11 is 0. The van der Waals surface area contributed by atoms with Crippen LogP contribution >= 0.6 is 0 Å². The van der Waals surface area contributed by atoms with Gasteiger partial charge in [0, 0.05) is 38.6 Å². The first-order valence-corrected chi connectivity index (χ1v) is 8.39. The molecule has 0 saturated heterocycles. The lowest BCUT2D eigenvalue weighted by Gasteiger charge is -2.25. The summed E-state index contributed by atoms with van der Waals surface area (Å²) in [5.41, 5.74) is 3.22. The molecule has 0 aliphatic rings. The first-order valence-electron chi connectivity index (χ1n) is 8.39. The topological polar surface area (TPSA) is 56.0 Å². The SMILES string of the molecule is CCn1cc(C(=O)N(C)C(C)c2ccccc2)c(-c2cnn(C)c2)n1. The minimum atomic E-state index is -0.0464. The van der Waals surface area contributed by atoms with Gasteiger partial charge in [-0.25, -0.2) is 0 Å². The Kier molecular flexibility index (Phi) is 4.70. The maximum absolute atomic E-state index is 13.1. The van der Waals surface area contributed by atoms with Crippen molar-refractivity contribution in [3.63, 3.8) is 0 Å². The van der Waals surface area contributed by atoms with Crippen LogP contribution in [-0.4, -0.2) is 37.4 Å². The van der Waals surface area contributed by atoms with Gasteiger partial charge in [0.15, 0.2) is 0 Å². The molecule has 0 radical (unpaired) electrons. The standard InChI is InChI=1S/C19H23N5O/c1-5-24-13-17(18(21-24)16-11-20-22(3)12-16)19(25)23(4)14(2)15-9-7-6-8-10-15/h6-14H,5H2,1-4H3. The molecule has 1 amide bonds. The third kappa shape index (κ3) is 3.33. The van der Waals surface area contributed by atoms with Crippen LogP contribution in [0, 0.1) is 0 Å². The van der Waals surface area contributed by atoms with Crippen LogP contribution in [0.15, 0.2) is 48.9 Å². The molecule has 25 heavy (non-hydrogen) atoms. The number of hydrogen-bond donors (Lipinski definition) is 0. The molecular formula is C19H23N5O. The molecule has 3 aromatic rings. The molecule has 0 aliphatic heterocycles. The Hall–Kier alpha value is -2.89. The van der Waals surface area contributed by atoms with Crippen LogP contribution < -0.4 is 0 Å². The fourth-order valence-electron chi connectivity index (χ4n) is 2.82. The van der Waals surface area contributed by atoms with Crippen LogP contribution in [0.3, 0.4) is 0 Å². The summed E-state index contributed by atoms with van der Waals surface area (Å²) in [7, 11) is 3.68. The maximum Gasteiger partial charge on any atom is 0.257 e. The van der Waals surface area contributed by atoms with Gasteiger partial charge in [0.1, 0.15) is 5.69 Å². The number of amides is 1. The van der Waals surface area contributed by atoms with E-state index >= 15 is 0 Å². The number of nitrogens with zero attached hydrogens (tertiary/aromatic N) is 5. The molecular weight excluding hydrogens is 314 g/mol. The molecule has 0 saturated carbocycles. The smallest absolute Gasteiger partial charge is 0.257 e. The number of aryl methyl sites for hydroxylation is 2. The van der Waals surface area contributed by atoms with E-state index in [4.69, 9.17) is 0 Å². The summed E-state index contributed by atoms with van der Waals surface area (Å²) in [6.45, 7) is 4.74. The monoisotopic (exact) mass is 337 g/mol. The van der Waals surface area contributed by atoms with E-state index in [1.165, 1.54) is 0 Å². The van der Waals surface area contributed by atoms with E-state index in [9.17, 15) is 4.79 Å². The van der Waals surface area contributed by atoms with Gasteiger partial charge in [0.2, 0.25) is 0 Å². The van der Waals surface area contributed by atoms with E-state index in [-0.39, 0.29) is 11.9 Å². The Morgan fingerprint density at radius 3 is 2.56 bits per heavy atom. The molecule has 6 heteroatoms. The number of carbonyl (C=O) groups excluding carboxylic acids is 1. The first kappa shape index (κ1) is 17.0. The third-order valence-corrected chi connectivity index (χ3v) is 4.48. The quantitative estimate of drug-likeness (QED) is 0.719. The van der Waals surface area contributed by atoms with Crippen LogP contribution in [0.4, 0.5) is 0 Å². The maximum atomic E-state index is 13.1. The Morgan fingerprint density at radius 1 is 1.24 bits per heavy atom. The molecule has 130 valence electrons. The second-order valence-corrected chi connectivity index (χ2v) is 6.15. The van der Waals surface area contributed by atoms with Gasteiger partial charge < -0.3 is 4.90 Å². The van der Waals surface area contributed by atoms with Gasteiger partial charge in [0.05, 0.1) is 17.8 Å². The molecule has 0 fully saturated rings. The van der Waals surface area contributed by atoms with Gasteiger partial charge in [-0.05, 0) is 19.4 Å². The summed E-state index contributed by atoms with van der Waals surface area (Å²) in [6, 6.07) is 9.99. The highest BCUT2D eigenvalue weighted by atomic mass is 16.2. The Labute approximate surface area is 147 Å². The number of carbonyl (C=O) groups is 1. The van der Waals surface area contributed by atoms with Crippen molar-refractivity contribution >= 4 is 5.91 Å². The molecule has 0 N–H and O–H groups in total. The van der Waals surface area contributed by atoms with Crippen LogP contribution in [0.25, 0.3) is 11.3 Å². The van der Waals surface area contributed by atoms with Crippen molar-refractivity contribution in [2.45, 2.75) is 26.4 Å². The van der Waals surface area contributed by atoms with Crippen molar-refractivity contribution in [2.24, 2.45) is 7.05 Å². The van der Waals surface area contributed by atoms with Gasteiger partial charge in [-0.2, -0.15) is 10.2 Å². The van der Waals surface area contributed by atoms with E-state index in [1.54, 1.807) is 20.5 Å². The lowest BCUT2D eigenvalue weighted by atomic mass is 10.1. The minimum absolute atomic E-state index is 0.0274. The van der Waals surface area contributed by atoms with Gasteiger partial charge in [-0.15, -0.1) is 0 Å². The van der Waals surface area contributed by atoms with E-state index in [0.717, 1.165) is 11.1 Å². The molecule has 6 nitrogen and oxygen atoms in total. The number of benzene rings is 1. The Balaban J connectivity index is 1.95. The van der Waals surface area contributed by atoms with Gasteiger partial charge >= 0.3 is 0 Å². The molecule has 2 aromatic heterocycles.